The highest BCUT2D eigenvalue weighted by molar-refractivity contribution is 7.90. The van der Waals surface area contributed by atoms with E-state index in [-0.39, 0.29) is 16.7 Å². The lowest BCUT2D eigenvalue weighted by molar-refractivity contribution is 0.0363. The van der Waals surface area contributed by atoms with E-state index in [9.17, 15) is 8.42 Å². The van der Waals surface area contributed by atoms with E-state index >= 15 is 0 Å². The molecule has 0 radical (unpaired) electrons. The molecule has 0 aromatic carbocycles. The summed E-state index contributed by atoms with van der Waals surface area (Å²) in [5.41, 5.74) is 0.324. The average Bonchev–Trinajstić information content (AvgIpc) is 2.16. The SMILES string of the molecule is CC(C)(C)C1CN(CCCS(C)(=O)=O)C(C)(C)CN1. The predicted molar refractivity (Wildman–Crippen MR) is 81.2 cm³/mol. The van der Waals surface area contributed by atoms with E-state index in [1.807, 2.05) is 0 Å². The summed E-state index contributed by atoms with van der Waals surface area (Å²) in [7, 11) is -2.85. The van der Waals surface area contributed by atoms with Crippen LogP contribution in [0.25, 0.3) is 0 Å². The van der Waals surface area contributed by atoms with Gasteiger partial charge in [-0.2, -0.15) is 0 Å². The Kier molecular flexibility index (Phi) is 5.08. The second kappa shape index (κ2) is 5.70. The maximum atomic E-state index is 11.2. The van der Waals surface area contributed by atoms with Crippen molar-refractivity contribution < 1.29 is 8.42 Å². The van der Waals surface area contributed by atoms with Gasteiger partial charge in [-0.3, -0.25) is 4.90 Å². The summed E-state index contributed by atoms with van der Waals surface area (Å²) in [5.74, 6) is 0.285. The first kappa shape index (κ1) is 16.9. The number of piperazine rings is 1. The zero-order valence-corrected chi connectivity index (χ0v) is 14.1. The van der Waals surface area contributed by atoms with Crippen molar-refractivity contribution >= 4 is 9.84 Å². The highest BCUT2D eigenvalue weighted by Crippen LogP contribution is 2.27. The Morgan fingerprint density at radius 1 is 1.32 bits per heavy atom. The lowest BCUT2D eigenvalue weighted by Gasteiger charge is -2.49. The van der Waals surface area contributed by atoms with Gasteiger partial charge in [-0.05, 0) is 32.2 Å². The first-order valence-electron chi connectivity index (χ1n) is 7.08. The van der Waals surface area contributed by atoms with Crippen LogP contribution >= 0.6 is 0 Å². The van der Waals surface area contributed by atoms with Crippen LogP contribution in [0.5, 0.6) is 0 Å². The Morgan fingerprint density at radius 2 is 1.89 bits per heavy atom. The first-order chi connectivity index (χ1) is 8.42. The molecule has 0 aliphatic carbocycles. The largest absolute Gasteiger partial charge is 0.310 e. The lowest BCUT2D eigenvalue weighted by atomic mass is 9.83. The molecule has 1 heterocycles. The molecule has 1 fully saturated rings. The molecule has 114 valence electrons. The molecule has 4 nitrogen and oxygen atoms in total. The van der Waals surface area contributed by atoms with Crippen molar-refractivity contribution in [1.82, 2.24) is 10.2 Å². The minimum Gasteiger partial charge on any atom is -0.310 e. The fourth-order valence-electron chi connectivity index (χ4n) is 2.51. The summed E-state index contributed by atoms with van der Waals surface area (Å²) < 4.78 is 22.5. The van der Waals surface area contributed by atoms with Gasteiger partial charge in [0.2, 0.25) is 0 Å². The van der Waals surface area contributed by atoms with Crippen LogP contribution in [0.3, 0.4) is 0 Å². The zero-order valence-electron chi connectivity index (χ0n) is 13.3. The topological polar surface area (TPSA) is 49.4 Å². The van der Waals surface area contributed by atoms with Gasteiger partial charge in [0.25, 0.3) is 0 Å². The lowest BCUT2D eigenvalue weighted by Crippen LogP contribution is -2.64. The number of nitrogens with one attached hydrogen (secondary N) is 1. The maximum Gasteiger partial charge on any atom is 0.147 e. The number of rotatable bonds is 4. The maximum absolute atomic E-state index is 11.2. The molecule has 0 bridgehead atoms. The predicted octanol–water partition coefficient (Wildman–Crippen LogP) is 1.52. The van der Waals surface area contributed by atoms with Crippen LogP contribution in [0.2, 0.25) is 0 Å². The normalized spacial score (nSPS) is 25.5. The fourth-order valence-corrected chi connectivity index (χ4v) is 3.16. The second-order valence-corrected chi connectivity index (χ2v) is 9.80. The summed E-state index contributed by atoms with van der Waals surface area (Å²) in [6.07, 6.45) is 2.03. The number of hydrogen-bond acceptors (Lipinski definition) is 4. The second-order valence-electron chi connectivity index (χ2n) is 7.54. The third kappa shape index (κ3) is 5.40. The van der Waals surface area contributed by atoms with Crippen LogP contribution < -0.4 is 5.32 Å². The number of hydrogen-bond donors (Lipinski definition) is 1. The average molecular weight is 290 g/mol. The van der Waals surface area contributed by atoms with Crippen LogP contribution in [0.4, 0.5) is 0 Å². The molecule has 1 N–H and O–H groups in total. The van der Waals surface area contributed by atoms with Crippen molar-refractivity contribution in [2.45, 2.75) is 52.6 Å². The van der Waals surface area contributed by atoms with Crippen molar-refractivity contribution in [3.05, 3.63) is 0 Å². The molecule has 1 aliphatic heterocycles. The van der Waals surface area contributed by atoms with Crippen molar-refractivity contribution in [2.24, 2.45) is 5.41 Å². The first-order valence-corrected chi connectivity index (χ1v) is 9.14. The Labute approximate surface area is 118 Å². The molecule has 1 atom stereocenters. The zero-order chi connectivity index (χ0) is 14.9. The molecule has 0 amide bonds. The molecule has 1 aliphatic rings. The van der Waals surface area contributed by atoms with Gasteiger partial charge in [0.15, 0.2) is 0 Å². The third-order valence-electron chi connectivity index (χ3n) is 4.03. The summed E-state index contributed by atoms with van der Waals surface area (Å²) in [6, 6.07) is 0.457. The monoisotopic (exact) mass is 290 g/mol. The van der Waals surface area contributed by atoms with Gasteiger partial charge in [0.05, 0.1) is 5.75 Å². The van der Waals surface area contributed by atoms with Gasteiger partial charge in [-0.15, -0.1) is 0 Å². The summed E-state index contributed by atoms with van der Waals surface area (Å²) >= 11 is 0. The van der Waals surface area contributed by atoms with Gasteiger partial charge in [0, 0.05) is 30.9 Å². The minimum atomic E-state index is -2.85. The minimum absolute atomic E-state index is 0.0965. The molecule has 0 aromatic heterocycles. The van der Waals surface area contributed by atoms with E-state index in [2.05, 4.69) is 44.8 Å². The van der Waals surface area contributed by atoms with Crippen LogP contribution in [-0.2, 0) is 9.84 Å². The summed E-state index contributed by atoms with van der Waals surface area (Å²) in [6.45, 7) is 14.0. The molecule has 1 saturated heterocycles. The van der Waals surface area contributed by atoms with Crippen LogP contribution in [0, 0.1) is 5.41 Å². The Balaban J connectivity index is 2.61. The summed E-state index contributed by atoms with van der Waals surface area (Å²) in [5, 5.41) is 3.63. The van der Waals surface area contributed by atoms with Crippen LogP contribution in [-0.4, -0.2) is 56.5 Å². The molecular weight excluding hydrogens is 260 g/mol. The van der Waals surface area contributed by atoms with Gasteiger partial charge < -0.3 is 5.32 Å². The Bertz CT molecular complexity index is 396. The highest BCUT2D eigenvalue weighted by Gasteiger charge is 2.37. The molecular formula is C14H30N2O2S. The van der Waals surface area contributed by atoms with Crippen LogP contribution in [0.1, 0.15) is 41.0 Å². The van der Waals surface area contributed by atoms with E-state index in [0.29, 0.717) is 6.04 Å². The summed E-state index contributed by atoms with van der Waals surface area (Å²) in [4.78, 5) is 2.44. The molecule has 1 rings (SSSR count). The van der Waals surface area contributed by atoms with Crippen LogP contribution in [0.15, 0.2) is 0 Å². The van der Waals surface area contributed by atoms with Crippen molar-refractivity contribution in [3.8, 4) is 0 Å². The van der Waals surface area contributed by atoms with Gasteiger partial charge >= 0.3 is 0 Å². The van der Waals surface area contributed by atoms with E-state index < -0.39 is 9.84 Å². The van der Waals surface area contributed by atoms with Crippen molar-refractivity contribution in [3.63, 3.8) is 0 Å². The van der Waals surface area contributed by atoms with E-state index in [0.717, 1.165) is 26.1 Å². The van der Waals surface area contributed by atoms with Gasteiger partial charge in [0.1, 0.15) is 9.84 Å². The standard InChI is InChI=1S/C14H30N2O2S/c1-13(2,3)12-10-16(14(4,5)11-15-12)8-7-9-19(6,17)18/h12,15H,7-11H2,1-6H3. The Morgan fingerprint density at radius 3 is 2.37 bits per heavy atom. The molecule has 0 saturated carbocycles. The van der Waals surface area contributed by atoms with E-state index in [1.54, 1.807) is 0 Å². The van der Waals surface area contributed by atoms with Crippen molar-refractivity contribution in [1.29, 1.82) is 0 Å². The van der Waals surface area contributed by atoms with E-state index in [1.165, 1.54) is 6.26 Å². The van der Waals surface area contributed by atoms with Gasteiger partial charge in [-0.1, -0.05) is 20.8 Å². The highest BCUT2D eigenvalue weighted by atomic mass is 32.2. The third-order valence-corrected chi connectivity index (χ3v) is 5.06. The van der Waals surface area contributed by atoms with E-state index in [4.69, 9.17) is 0 Å². The fraction of sp³-hybridized carbons (Fsp3) is 1.00. The molecule has 1 unspecified atom stereocenters. The smallest absolute Gasteiger partial charge is 0.147 e. The molecule has 0 spiro atoms. The molecule has 5 heteroatoms. The van der Waals surface area contributed by atoms with Gasteiger partial charge in [-0.25, -0.2) is 8.42 Å². The number of nitrogens with zero attached hydrogens (tertiary/aromatic N) is 1. The quantitative estimate of drug-likeness (QED) is 0.853. The number of sulfone groups is 1. The molecule has 19 heavy (non-hydrogen) atoms. The van der Waals surface area contributed by atoms with Crippen molar-refractivity contribution in [2.75, 3.05) is 31.6 Å². The molecule has 0 aromatic rings. The Hall–Kier alpha value is -0.130.